The zero-order chi connectivity index (χ0) is 27.1. The van der Waals surface area contributed by atoms with Crippen molar-refractivity contribution in [2.45, 2.75) is 72.6 Å². The van der Waals surface area contributed by atoms with Crippen LogP contribution in [0.15, 0.2) is 60.2 Å². The van der Waals surface area contributed by atoms with Gasteiger partial charge in [0, 0.05) is 5.92 Å². The van der Waals surface area contributed by atoms with Crippen LogP contribution < -0.4 is 0 Å². The quantitative estimate of drug-likeness (QED) is 0.259. The highest BCUT2D eigenvalue weighted by atomic mass is 16.5. The number of hydrogen-bond acceptors (Lipinski definition) is 6. The molecule has 0 unspecified atom stereocenters. The molecule has 6 nitrogen and oxygen atoms in total. The van der Waals surface area contributed by atoms with Gasteiger partial charge in [-0.05, 0) is 81.3 Å². The molecule has 2 aromatic carbocycles. The van der Waals surface area contributed by atoms with E-state index >= 15 is 0 Å². The Bertz CT molecular complexity index is 940. The SMILES string of the molecule is CCOC(=O)C[C@@H](C=C(C)C)c1ccc(O)cc1.CCOC(=O)C[C@@H](CC(C)C)c1ccc(O)cc1. The van der Waals surface area contributed by atoms with E-state index in [1.807, 2.05) is 51.1 Å². The first-order chi connectivity index (χ1) is 17.0. The number of phenolic OH excluding ortho intramolecular Hbond substituents is 2. The lowest BCUT2D eigenvalue weighted by Crippen LogP contribution is -2.12. The number of hydrogen-bond donors (Lipinski definition) is 2. The zero-order valence-electron chi connectivity index (χ0n) is 22.5. The molecule has 0 aliphatic rings. The molecule has 0 fully saturated rings. The molecule has 0 aliphatic heterocycles. The Balaban J connectivity index is 0.000000360. The molecule has 0 heterocycles. The minimum Gasteiger partial charge on any atom is -0.508 e. The molecule has 0 saturated heterocycles. The lowest BCUT2D eigenvalue weighted by atomic mass is 9.88. The molecule has 2 atom stereocenters. The summed E-state index contributed by atoms with van der Waals surface area (Å²) in [6.07, 6.45) is 3.70. The van der Waals surface area contributed by atoms with Crippen LogP contribution in [0.1, 0.15) is 83.8 Å². The standard InChI is InChI=1S/C15H22O3.C15H20O3/c2*1-4-18-15(17)10-13(9-11(2)3)12-5-7-14(16)8-6-12/h5-8,11,13,16H,4,9-10H2,1-3H3;5-9,13,16H,4,10H2,1-3H3/t2*13-/m11/s1. The number of ether oxygens (including phenoxy) is 2. The monoisotopic (exact) mass is 498 g/mol. The fourth-order valence-electron chi connectivity index (χ4n) is 3.87. The number of carbonyl (C=O) groups excluding carboxylic acids is 2. The van der Waals surface area contributed by atoms with Crippen LogP contribution in [0.4, 0.5) is 0 Å². The van der Waals surface area contributed by atoms with Gasteiger partial charge < -0.3 is 19.7 Å². The molecular formula is C30H42O6. The highest BCUT2D eigenvalue weighted by Crippen LogP contribution is 2.29. The van der Waals surface area contributed by atoms with Gasteiger partial charge in [0.15, 0.2) is 0 Å². The molecule has 0 aromatic heterocycles. The van der Waals surface area contributed by atoms with E-state index in [-0.39, 0.29) is 35.3 Å². The van der Waals surface area contributed by atoms with Crippen molar-refractivity contribution in [2.24, 2.45) is 5.92 Å². The van der Waals surface area contributed by atoms with E-state index in [2.05, 4.69) is 13.8 Å². The molecule has 0 spiro atoms. The van der Waals surface area contributed by atoms with E-state index < -0.39 is 0 Å². The van der Waals surface area contributed by atoms with Crippen LogP contribution in [0, 0.1) is 5.92 Å². The van der Waals surface area contributed by atoms with Crippen molar-refractivity contribution in [3.05, 3.63) is 71.3 Å². The second-order valence-corrected chi connectivity index (χ2v) is 9.38. The van der Waals surface area contributed by atoms with Gasteiger partial charge in [0.1, 0.15) is 11.5 Å². The Morgan fingerprint density at radius 3 is 1.64 bits per heavy atom. The van der Waals surface area contributed by atoms with Gasteiger partial charge in [-0.15, -0.1) is 0 Å². The minimum atomic E-state index is -0.201. The van der Waals surface area contributed by atoms with Crippen molar-refractivity contribution in [1.82, 2.24) is 0 Å². The van der Waals surface area contributed by atoms with Gasteiger partial charge in [-0.25, -0.2) is 0 Å². The molecule has 198 valence electrons. The van der Waals surface area contributed by atoms with Gasteiger partial charge in [-0.2, -0.15) is 0 Å². The number of rotatable bonds is 11. The van der Waals surface area contributed by atoms with Gasteiger partial charge >= 0.3 is 11.9 Å². The Morgan fingerprint density at radius 2 is 1.22 bits per heavy atom. The average molecular weight is 499 g/mol. The maximum absolute atomic E-state index is 11.6. The number of phenols is 2. The Hall–Kier alpha value is -3.28. The molecule has 2 N–H and O–H groups in total. The summed E-state index contributed by atoms with van der Waals surface area (Å²) in [6.45, 7) is 12.7. The first-order valence-electron chi connectivity index (χ1n) is 12.6. The summed E-state index contributed by atoms with van der Waals surface area (Å²) in [5.41, 5.74) is 3.23. The van der Waals surface area contributed by atoms with Crippen LogP contribution in [-0.4, -0.2) is 35.4 Å². The van der Waals surface area contributed by atoms with Gasteiger partial charge in [-0.1, -0.05) is 49.8 Å². The lowest BCUT2D eigenvalue weighted by Gasteiger charge is -2.18. The van der Waals surface area contributed by atoms with Crippen LogP contribution in [0.25, 0.3) is 0 Å². The number of allylic oxidation sites excluding steroid dienone is 2. The van der Waals surface area contributed by atoms with E-state index in [0.717, 1.165) is 23.1 Å². The summed E-state index contributed by atoms with van der Waals surface area (Å²) in [5.74, 6) is 0.783. The number of carbonyl (C=O) groups is 2. The number of benzene rings is 2. The Labute approximate surface area is 216 Å². The minimum absolute atomic E-state index is 0.00495. The summed E-state index contributed by atoms with van der Waals surface area (Å²) in [5, 5.41) is 18.6. The van der Waals surface area contributed by atoms with Crippen LogP contribution in [0.2, 0.25) is 0 Å². The average Bonchev–Trinajstić information content (AvgIpc) is 2.79. The highest BCUT2D eigenvalue weighted by Gasteiger charge is 2.18. The highest BCUT2D eigenvalue weighted by molar-refractivity contribution is 5.71. The van der Waals surface area contributed by atoms with E-state index in [0.29, 0.717) is 32.0 Å². The lowest BCUT2D eigenvalue weighted by molar-refractivity contribution is -0.144. The van der Waals surface area contributed by atoms with E-state index in [1.165, 1.54) is 0 Å². The molecule has 2 aromatic rings. The first-order valence-corrected chi connectivity index (χ1v) is 12.6. The van der Waals surface area contributed by atoms with Gasteiger partial charge in [0.05, 0.1) is 26.1 Å². The third-order valence-corrected chi connectivity index (χ3v) is 5.39. The van der Waals surface area contributed by atoms with E-state index in [4.69, 9.17) is 9.47 Å². The van der Waals surface area contributed by atoms with Crippen molar-refractivity contribution >= 4 is 11.9 Å². The van der Waals surface area contributed by atoms with E-state index in [1.54, 1.807) is 31.2 Å². The maximum atomic E-state index is 11.6. The molecule has 36 heavy (non-hydrogen) atoms. The normalized spacial score (nSPS) is 12.1. The molecule has 0 radical (unpaired) electrons. The molecule has 0 aliphatic carbocycles. The molecular weight excluding hydrogens is 456 g/mol. The van der Waals surface area contributed by atoms with Crippen LogP contribution >= 0.6 is 0 Å². The molecule has 0 saturated carbocycles. The van der Waals surface area contributed by atoms with Crippen LogP contribution in [0.3, 0.4) is 0 Å². The molecule has 2 rings (SSSR count). The summed E-state index contributed by atoms with van der Waals surface area (Å²) >= 11 is 0. The first kappa shape index (κ1) is 30.8. The Morgan fingerprint density at radius 1 is 0.778 bits per heavy atom. The van der Waals surface area contributed by atoms with Gasteiger partial charge in [-0.3, -0.25) is 9.59 Å². The third-order valence-electron chi connectivity index (χ3n) is 5.39. The summed E-state index contributed by atoms with van der Waals surface area (Å²) < 4.78 is 9.99. The molecule has 0 amide bonds. The van der Waals surface area contributed by atoms with Crippen LogP contribution in [0.5, 0.6) is 11.5 Å². The summed E-state index contributed by atoms with van der Waals surface area (Å²) in [6, 6.07) is 14.0. The zero-order valence-corrected chi connectivity index (χ0v) is 22.5. The third kappa shape index (κ3) is 12.4. The summed E-state index contributed by atoms with van der Waals surface area (Å²) in [4.78, 5) is 23.2. The van der Waals surface area contributed by atoms with E-state index in [9.17, 15) is 19.8 Å². The molecule has 6 heteroatoms. The second-order valence-electron chi connectivity index (χ2n) is 9.38. The predicted octanol–water partition coefficient (Wildman–Crippen LogP) is 6.87. The smallest absolute Gasteiger partial charge is 0.306 e. The van der Waals surface area contributed by atoms with Crippen molar-refractivity contribution in [2.75, 3.05) is 13.2 Å². The van der Waals surface area contributed by atoms with Crippen molar-refractivity contribution in [3.8, 4) is 11.5 Å². The fourth-order valence-corrected chi connectivity index (χ4v) is 3.87. The van der Waals surface area contributed by atoms with Gasteiger partial charge in [0.2, 0.25) is 0 Å². The van der Waals surface area contributed by atoms with Crippen molar-refractivity contribution in [1.29, 1.82) is 0 Å². The Kier molecular flexibility index (Phi) is 14.0. The maximum Gasteiger partial charge on any atom is 0.306 e. The topological polar surface area (TPSA) is 93.1 Å². The van der Waals surface area contributed by atoms with Gasteiger partial charge in [0.25, 0.3) is 0 Å². The summed E-state index contributed by atoms with van der Waals surface area (Å²) in [7, 11) is 0. The van der Waals surface area contributed by atoms with Crippen LogP contribution in [-0.2, 0) is 19.1 Å². The second kappa shape index (κ2) is 16.4. The number of aromatic hydroxyl groups is 2. The largest absolute Gasteiger partial charge is 0.508 e. The number of esters is 2. The van der Waals surface area contributed by atoms with Crippen molar-refractivity contribution in [3.63, 3.8) is 0 Å². The predicted molar refractivity (Wildman–Crippen MR) is 143 cm³/mol. The fraction of sp³-hybridized carbons (Fsp3) is 0.467. The molecule has 0 bridgehead atoms. The van der Waals surface area contributed by atoms with Crippen molar-refractivity contribution < 1.29 is 29.3 Å².